The van der Waals surface area contributed by atoms with Crippen LogP contribution in [0.5, 0.6) is 0 Å². The van der Waals surface area contributed by atoms with Gasteiger partial charge in [-0.3, -0.25) is 29.0 Å². The standard InChI is InChI=1S/C29H54N6O4.CH4/c1-21-6-10-26(36)30-14-17-34-18-15-31-27(37)12-8-22(2)9-13-29(39)33-24(4)25(5)35(20-23(34)3)19-16-32-28(38)11-7-21;/h21-25H,6-20H2,1-5H3,(H,30,36)(H,31,37)(H,32,38)(H,33,39);1H4. The van der Waals surface area contributed by atoms with E-state index in [0.717, 1.165) is 32.2 Å². The number of amides is 4. The molecule has 0 radical (unpaired) electrons. The lowest BCUT2D eigenvalue weighted by Crippen LogP contribution is -2.55. The number of hydrogen-bond acceptors (Lipinski definition) is 6. The van der Waals surface area contributed by atoms with Gasteiger partial charge >= 0.3 is 0 Å². The maximum atomic E-state index is 12.7. The first kappa shape index (κ1) is 35.8. The quantitative estimate of drug-likeness (QED) is 0.357. The molecule has 0 saturated carbocycles. The minimum Gasteiger partial charge on any atom is -0.355 e. The van der Waals surface area contributed by atoms with E-state index in [1.165, 1.54) is 0 Å². The monoisotopic (exact) mass is 566 g/mol. The van der Waals surface area contributed by atoms with Gasteiger partial charge in [0.25, 0.3) is 0 Å². The van der Waals surface area contributed by atoms with Gasteiger partial charge in [-0.15, -0.1) is 0 Å². The average Bonchev–Trinajstić information content (AvgIpc) is 2.89. The smallest absolute Gasteiger partial charge is 0.220 e. The molecule has 4 N–H and O–H groups in total. The maximum Gasteiger partial charge on any atom is 0.220 e. The maximum absolute atomic E-state index is 12.7. The van der Waals surface area contributed by atoms with E-state index < -0.39 is 0 Å². The zero-order valence-corrected chi connectivity index (χ0v) is 25.0. The molecular formula is C30H58N6O4. The van der Waals surface area contributed by atoms with Crippen LogP contribution in [0.4, 0.5) is 0 Å². The first-order chi connectivity index (χ1) is 18.5. The Morgan fingerprint density at radius 1 is 0.575 bits per heavy atom. The van der Waals surface area contributed by atoms with Crippen molar-refractivity contribution in [2.75, 3.05) is 45.8 Å². The van der Waals surface area contributed by atoms with Gasteiger partial charge in [0.2, 0.25) is 23.6 Å². The summed E-state index contributed by atoms with van der Waals surface area (Å²) < 4.78 is 0. The van der Waals surface area contributed by atoms with E-state index in [-0.39, 0.29) is 49.2 Å². The summed E-state index contributed by atoms with van der Waals surface area (Å²) in [4.78, 5) is 54.8. The number of carbonyl (C=O) groups excluding carboxylic acids is 4. The lowest BCUT2D eigenvalue weighted by Gasteiger charge is -2.38. The van der Waals surface area contributed by atoms with Gasteiger partial charge in [-0.05, 0) is 58.3 Å². The summed E-state index contributed by atoms with van der Waals surface area (Å²) in [6.07, 6.45) is 4.86. The highest BCUT2D eigenvalue weighted by Gasteiger charge is 2.26. The van der Waals surface area contributed by atoms with E-state index in [1.54, 1.807) is 0 Å². The predicted molar refractivity (Wildman–Crippen MR) is 161 cm³/mol. The summed E-state index contributed by atoms with van der Waals surface area (Å²) >= 11 is 0. The van der Waals surface area contributed by atoms with E-state index in [0.29, 0.717) is 76.8 Å². The molecule has 40 heavy (non-hydrogen) atoms. The largest absolute Gasteiger partial charge is 0.355 e. The lowest BCUT2D eigenvalue weighted by atomic mass is 9.99. The number of fused-ring (bicyclic) bond motifs is 3. The molecule has 232 valence electrons. The van der Waals surface area contributed by atoms with Crippen molar-refractivity contribution in [3.63, 3.8) is 0 Å². The molecule has 2 fully saturated rings. The number of nitrogens with zero attached hydrogens (tertiary/aromatic N) is 2. The topological polar surface area (TPSA) is 123 Å². The Kier molecular flexibility index (Phi) is 17.0. The van der Waals surface area contributed by atoms with Gasteiger partial charge in [0.05, 0.1) is 0 Å². The molecular weight excluding hydrogens is 508 g/mol. The molecule has 2 saturated heterocycles. The Labute approximate surface area is 243 Å². The van der Waals surface area contributed by atoms with Crippen molar-refractivity contribution in [1.29, 1.82) is 0 Å². The molecule has 2 heterocycles. The molecule has 7 atom stereocenters. The normalized spacial score (nSPS) is 33.7. The van der Waals surface area contributed by atoms with Gasteiger partial charge in [-0.1, -0.05) is 21.3 Å². The zero-order valence-electron chi connectivity index (χ0n) is 25.0. The van der Waals surface area contributed by atoms with Gasteiger partial charge in [0, 0.05) is 89.6 Å². The Hall–Kier alpha value is -2.20. The Balaban J connectivity index is 0.00000800. The van der Waals surface area contributed by atoms with Crippen molar-refractivity contribution in [3.05, 3.63) is 0 Å². The van der Waals surface area contributed by atoms with Crippen LogP contribution in [0, 0.1) is 11.8 Å². The van der Waals surface area contributed by atoms with Crippen LogP contribution in [-0.4, -0.2) is 97.4 Å². The van der Waals surface area contributed by atoms with Crippen molar-refractivity contribution < 1.29 is 19.2 Å². The number of rotatable bonds is 0. The second-order valence-electron chi connectivity index (χ2n) is 11.9. The summed E-state index contributed by atoms with van der Waals surface area (Å²) in [5.41, 5.74) is 0. The second-order valence-corrected chi connectivity index (χ2v) is 11.9. The minimum atomic E-state index is -0.0580. The molecule has 2 aliphatic heterocycles. The van der Waals surface area contributed by atoms with E-state index in [9.17, 15) is 19.2 Å². The fourth-order valence-electron chi connectivity index (χ4n) is 5.31. The molecule has 0 aromatic heterocycles. The predicted octanol–water partition coefficient (Wildman–Crippen LogP) is 2.28. The minimum absolute atomic E-state index is 0. The molecule has 10 heteroatoms. The number of nitrogens with one attached hydrogen (secondary N) is 4. The molecule has 0 aromatic rings. The van der Waals surface area contributed by atoms with Crippen LogP contribution >= 0.6 is 0 Å². The lowest BCUT2D eigenvalue weighted by molar-refractivity contribution is -0.123. The molecule has 2 rings (SSSR count). The van der Waals surface area contributed by atoms with Gasteiger partial charge in [0.15, 0.2) is 0 Å². The molecule has 0 aromatic carbocycles. The van der Waals surface area contributed by atoms with Crippen LogP contribution < -0.4 is 21.3 Å². The molecule has 10 nitrogen and oxygen atoms in total. The summed E-state index contributed by atoms with van der Waals surface area (Å²) in [6, 6.07) is 0.133. The van der Waals surface area contributed by atoms with Crippen molar-refractivity contribution >= 4 is 23.6 Å². The molecule has 0 aliphatic carbocycles. The first-order valence-electron chi connectivity index (χ1n) is 15.1. The third kappa shape index (κ3) is 13.9. The Bertz CT molecular complexity index is 788. The summed E-state index contributed by atoms with van der Waals surface area (Å²) in [7, 11) is 0. The number of hydrogen-bond donors (Lipinski definition) is 4. The van der Waals surface area contributed by atoms with Crippen LogP contribution in [-0.2, 0) is 19.2 Å². The van der Waals surface area contributed by atoms with E-state index in [2.05, 4.69) is 58.8 Å². The van der Waals surface area contributed by atoms with Crippen LogP contribution in [0.25, 0.3) is 0 Å². The molecule has 0 spiro atoms. The SMILES string of the molecule is C.CC1CCC(=O)NCCN2CCNC(=O)CCC(C)CCC(=O)NC(C)C(C)N(CCNC(=O)CC1)CC2C. The van der Waals surface area contributed by atoms with Gasteiger partial charge in [0.1, 0.15) is 0 Å². The Morgan fingerprint density at radius 3 is 1.38 bits per heavy atom. The van der Waals surface area contributed by atoms with Crippen LogP contribution in [0.3, 0.4) is 0 Å². The van der Waals surface area contributed by atoms with Crippen LogP contribution in [0.1, 0.15) is 93.4 Å². The second kappa shape index (κ2) is 19.0. The van der Waals surface area contributed by atoms with Gasteiger partial charge in [-0.25, -0.2) is 0 Å². The fourth-order valence-corrected chi connectivity index (χ4v) is 5.31. The zero-order chi connectivity index (χ0) is 28.8. The van der Waals surface area contributed by atoms with Crippen molar-refractivity contribution in [3.8, 4) is 0 Å². The van der Waals surface area contributed by atoms with Crippen molar-refractivity contribution in [1.82, 2.24) is 31.1 Å². The third-order valence-corrected chi connectivity index (χ3v) is 8.43. The molecule has 7 unspecified atom stereocenters. The van der Waals surface area contributed by atoms with Gasteiger partial charge < -0.3 is 21.3 Å². The summed E-state index contributed by atoms with van der Waals surface area (Å²) in [5.74, 6) is 0.739. The summed E-state index contributed by atoms with van der Waals surface area (Å²) in [6.45, 7) is 14.9. The molecule has 4 amide bonds. The van der Waals surface area contributed by atoms with E-state index >= 15 is 0 Å². The van der Waals surface area contributed by atoms with Crippen LogP contribution in [0.2, 0.25) is 0 Å². The molecule has 2 aliphatic rings. The highest BCUT2D eigenvalue weighted by Crippen LogP contribution is 2.15. The fraction of sp³-hybridized carbons (Fsp3) is 0.867. The van der Waals surface area contributed by atoms with E-state index in [1.807, 2.05) is 6.92 Å². The average molecular weight is 567 g/mol. The number of carbonyl (C=O) groups is 4. The third-order valence-electron chi connectivity index (χ3n) is 8.43. The highest BCUT2D eigenvalue weighted by molar-refractivity contribution is 5.77. The first-order valence-corrected chi connectivity index (χ1v) is 15.1. The summed E-state index contributed by atoms with van der Waals surface area (Å²) in [5, 5.41) is 12.4. The highest BCUT2D eigenvalue weighted by atomic mass is 16.2. The Morgan fingerprint density at radius 2 is 0.950 bits per heavy atom. The van der Waals surface area contributed by atoms with Crippen LogP contribution in [0.15, 0.2) is 0 Å². The van der Waals surface area contributed by atoms with E-state index in [4.69, 9.17) is 0 Å². The van der Waals surface area contributed by atoms with Crippen molar-refractivity contribution in [2.24, 2.45) is 11.8 Å². The van der Waals surface area contributed by atoms with Crippen molar-refractivity contribution in [2.45, 2.75) is 112 Å². The molecule has 2 bridgehead atoms. The van der Waals surface area contributed by atoms with Gasteiger partial charge in [-0.2, -0.15) is 0 Å².